The number of hydrogen-bond donors (Lipinski definition) is 0. The van der Waals surface area contributed by atoms with Crippen LogP contribution in [0.4, 0.5) is 8.78 Å². The van der Waals surface area contributed by atoms with Crippen molar-refractivity contribution in [2.24, 2.45) is 0 Å². The SMILES string of the molecule is FC(F)COP1OCCCO1. The highest BCUT2D eigenvalue weighted by Gasteiger charge is 2.18. The van der Waals surface area contributed by atoms with Gasteiger partial charge in [-0.3, -0.25) is 0 Å². The van der Waals surface area contributed by atoms with Crippen molar-refractivity contribution in [2.75, 3.05) is 19.8 Å². The van der Waals surface area contributed by atoms with Crippen LogP contribution in [0, 0.1) is 0 Å². The van der Waals surface area contributed by atoms with Crippen molar-refractivity contribution in [1.29, 1.82) is 0 Å². The van der Waals surface area contributed by atoms with Crippen molar-refractivity contribution in [2.45, 2.75) is 12.8 Å². The van der Waals surface area contributed by atoms with Crippen LogP contribution in [0.2, 0.25) is 0 Å². The molecular formula is C5H9F2O3P. The molecule has 0 bridgehead atoms. The van der Waals surface area contributed by atoms with Gasteiger partial charge in [0.2, 0.25) is 0 Å². The van der Waals surface area contributed by atoms with E-state index >= 15 is 0 Å². The highest BCUT2D eigenvalue weighted by Crippen LogP contribution is 2.42. The van der Waals surface area contributed by atoms with Crippen LogP contribution in [-0.2, 0) is 13.6 Å². The van der Waals surface area contributed by atoms with Gasteiger partial charge >= 0.3 is 8.60 Å². The smallest absolute Gasteiger partial charge is 0.312 e. The zero-order valence-electron chi connectivity index (χ0n) is 5.83. The van der Waals surface area contributed by atoms with Crippen molar-refractivity contribution in [3.63, 3.8) is 0 Å². The number of hydrogen-bond acceptors (Lipinski definition) is 3. The van der Waals surface area contributed by atoms with E-state index in [1.807, 2.05) is 0 Å². The largest absolute Gasteiger partial charge is 0.332 e. The molecule has 0 aliphatic carbocycles. The minimum atomic E-state index is -2.45. The topological polar surface area (TPSA) is 27.7 Å². The molecule has 0 aromatic rings. The van der Waals surface area contributed by atoms with Crippen LogP contribution in [0.15, 0.2) is 0 Å². The summed E-state index contributed by atoms with van der Waals surface area (Å²) in [4.78, 5) is 0. The molecule has 1 aliphatic rings. The number of rotatable bonds is 3. The lowest BCUT2D eigenvalue weighted by Gasteiger charge is -2.20. The van der Waals surface area contributed by atoms with Gasteiger partial charge in [-0.2, -0.15) is 0 Å². The second kappa shape index (κ2) is 4.93. The van der Waals surface area contributed by atoms with E-state index < -0.39 is 21.6 Å². The molecule has 0 saturated carbocycles. The first-order chi connectivity index (χ1) is 5.29. The summed E-state index contributed by atoms with van der Waals surface area (Å²) in [7, 11) is -1.48. The Morgan fingerprint density at radius 2 is 2.00 bits per heavy atom. The predicted octanol–water partition coefficient (Wildman–Crippen LogP) is 1.93. The fourth-order valence-electron chi connectivity index (χ4n) is 0.566. The molecule has 1 fully saturated rings. The van der Waals surface area contributed by atoms with Gasteiger partial charge in [-0.15, -0.1) is 0 Å². The van der Waals surface area contributed by atoms with E-state index in [0.717, 1.165) is 6.42 Å². The standard InChI is InChI=1S/C5H9F2O3P/c6-5(7)4-10-11-8-2-1-3-9-11/h5H,1-4H2. The molecule has 0 atom stereocenters. The van der Waals surface area contributed by atoms with Crippen LogP contribution in [0.25, 0.3) is 0 Å². The van der Waals surface area contributed by atoms with Gasteiger partial charge in [0.15, 0.2) is 0 Å². The summed E-state index contributed by atoms with van der Waals surface area (Å²) in [5.41, 5.74) is 0. The van der Waals surface area contributed by atoms with E-state index in [4.69, 9.17) is 9.05 Å². The molecule has 6 heteroatoms. The third-order valence-corrected chi connectivity index (χ3v) is 2.13. The quantitative estimate of drug-likeness (QED) is 0.630. The molecule has 1 saturated heterocycles. The van der Waals surface area contributed by atoms with E-state index in [2.05, 4.69) is 4.52 Å². The Balaban J connectivity index is 2.05. The number of halogens is 2. The Morgan fingerprint density at radius 1 is 1.36 bits per heavy atom. The molecule has 0 unspecified atom stereocenters. The first kappa shape index (κ1) is 9.26. The molecule has 3 nitrogen and oxygen atoms in total. The second-order valence-electron chi connectivity index (χ2n) is 1.93. The van der Waals surface area contributed by atoms with Gasteiger partial charge in [-0.05, 0) is 6.42 Å². The van der Waals surface area contributed by atoms with E-state index in [-0.39, 0.29) is 0 Å². The van der Waals surface area contributed by atoms with Crippen molar-refractivity contribution in [3.8, 4) is 0 Å². The molecule has 0 amide bonds. The fraction of sp³-hybridized carbons (Fsp3) is 1.00. The van der Waals surface area contributed by atoms with Crippen molar-refractivity contribution in [3.05, 3.63) is 0 Å². The normalized spacial score (nSPS) is 21.0. The van der Waals surface area contributed by atoms with Gasteiger partial charge in [-0.25, -0.2) is 8.78 Å². The average molecular weight is 186 g/mol. The molecule has 0 aromatic heterocycles. The summed E-state index contributed by atoms with van der Waals surface area (Å²) in [5.74, 6) is 0. The summed E-state index contributed by atoms with van der Waals surface area (Å²) >= 11 is 0. The Bertz CT molecular complexity index is 108. The zero-order valence-corrected chi connectivity index (χ0v) is 6.73. The molecule has 1 heterocycles. The Morgan fingerprint density at radius 3 is 2.55 bits per heavy atom. The van der Waals surface area contributed by atoms with Crippen molar-refractivity contribution < 1.29 is 22.4 Å². The van der Waals surface area contributed by atoms with Crippen LogP contribution in [0.1, 0.15) is 6.42 Å². The molecule has 11 heavy (non-hydrogen) atoms. The van der Waals surface area contributed by atoms with Gasteiger partial charge in [0.1, 0.15) is 6.61 Å². The Labute approximate surface area is 64.6 Å². The monoisotopic (exact) mass is 186 g/mol. The van der Waals surface area contributed by atoms with Gasteiger partial charge in [0, 0.05) is 0 Å². The average Bonchev–Trinajstić information content (AvgIpc) is 2.03. The Kier molecular flexibility index (Phi) is 4.15. The first-order valence-corrected chi connectivity index (χ1v) is 4.35. The lowest BCUT2D eigenvalue weighted by atomic mass is 10.5. The van der Waals surface area contributed by atoms with E-state index in [0.29, 0.717) is 13.2 Å². The molecule has 0 radical (unpaired) electrons. The lowest BCUT2D eigenvalue weighted by Crippen LogP contribution is -2.09. The van der Waals surface area contributed by atoms with E-state index in [1.54, 1.807) is 0 Å². The van der Waals surface area contributed by atoms with Crippen LogP contribution >= 0.6 is 8.60 Å². The summed E-state index contributed by atoms with van der Waals surface area (Å²) in [6.45, 7) is 0.468. The lowest BCUT2D eigenvalue weighted by molar-refractivity contribution is 0.0500. The van der Waals surface area contributed by atoms with Crippen LogP contribution in [-0.4, -0.2) is 26.2 Å². The first-order valence-electron chi connectivity index (χ1n) is 3.26. The van der Waals surface area contributed by atoms with Gasteiger partial charge in [0.25, 0.3) is 6.43 Å². The fourth-order valence-corrected chi connectivity index (χ4v) is 1.58. The maximum Gasteiger partial charge on any atom is 0.332 e. The molecule has 0 N–H and O–H groups in total. The maximum absolute atomic E-state index is 11.6. The van der Waals surface area contributed by atoms with Crippen LogP contribution < -0.4 is 0 Å². The molecule has 1 rings (SSSR count). The Hall–Kier alpha value is 0.170. The van der Waals surface area contributed by atoms with E-state index in [1.165, 1.54) is 0 Å². The molecule has 0 spiro atoms. The zero-order chi connectivity index (χ0) is 8.10. The summed E-state index contributed by atoms with van der Waals surface area (Å²) in [5, 5.41) is 0. The maximum atomic E-state index is 11.6. The highest BCUT2D eigenvalue weighted by molar-refractivity contribution is 7.41. The summed E-state index contributed by atoms with van der Waals surface area (Å²) in [6.07, 6.45) is -1.65. The van der Waals surface area contributed by atoms with Crippen molar-refractivity contribution >= 4 is 8.60 Å². The van der Waals surface area contributed by atoms with Crippen molar-refractivity contribution in [1.82, 2.24) is 0 Å². The van der Waals surface area contributed by atoms with Gasteiger partial charge in [0.05, 0.1) is 13.2 Å². The van der Waals surface area contributed by atoms with Gasteiger partial charge in [-0.1, -0.05) is 0 Å². The molecule has 66 valence electrons. The summed E-state index contributed by atoms with van der Waals surface area (Å²) < 4.78 is 37.6. The van der Waals surface area contributed by atoms with E-state index in [9.17, 15) is 8.78 Å². The highest BCUT2D eigenvalue weighted by atomic mass is 31.2. The van der Waals surface area contributed by atoms with Crippen LogP contribution in [0.3, 0.4) is 0 Å². The van der Waals surface area contributed by atoms with Crippen LogP contribution in [0.5, 0.6) is 0 Å². The molecule has 1 aliphatic heterocycles. The second-order valence-corrected chi connectivity index (χ2v) is 3.15. The minimum Gasteiger partial charge on any atom is -0.312 e. The predicted molar refractivity (Wildman–Crippen MR) is 35.4 cm³/mol. The minimum absolute atomic E-state index is 0.537. The third kappa shape index (κ3) is 3.91. The third-order valence-electron chi connectivity index (χ3n) is 0.988. The van der Waals surface area contributed by atoms with Gasteiger partial charge < -0.3 is 13.6 Å². The molecule has 0 aromatic carbocycles. The number of alkyl halides is 2. The molecular weight excluding hydrogens is 177 g/mol. The summed E-state index contributed by atoms with van der Waals surface area (Å²) in [6, 6.07) is 0.